The van der Waals surface area contributed by atoms with Crippen molar-refractivity contribution in [2.24, 2.45) is 0 Å². The molecule has 0 atom stereocenters. The van der Waals surface area contributed by atoms with Crippen molar-refractivity contribution in [2.45, 2.75) is 0 Å². The summed E-state index contributed by atoms with van der Waals surface area (Å²) in [5, 5.41) is 11.9. The van der Waals surface area contributed by atoms with Gasteiger partial charge in [0.1, 0.15) is 0 Å². The molecule has 0 rings (SSSR count). The topological polar surface area (TPSA) is 38.7 Å². The van der Waals surface area contributed by atoms with E-state index in [0.717, 1.165) is 43.8 Å². The van der Waals surface area contributed by atoms with Gasteiger partial charge in [0, 0.05) is 32.7 Å². The molecule has 0 fully saturated rings. The van der Waals surface area contributed by atoms with E-state index < -0.39 is 0 Å². The minimum Gasteiger partial charge on any atom is -0.395 e. The van der Waals surface area contributed by atoms with E-state index in [1.54, 1.807) is 0 Å². The molecule has 0 aliphatic heterocycles. The lowest BCUT2D eigenvalue weighted by Gasteiger charge is -2.32. The first-order chi connectivity index (χ1) is 8.37. The SMILES string of the molecule is CN(C)CCN(C)CC[N+](C)(C)CCNCCO. The first-order valence-electron chi connectivity index (χ1n) is 6.84. The molecule has 0 aromatic carbocycles. The molecule has 0 radical (unpaired) electrons. The van der Waals surface area contributed by atoms with Gasteiger partial charge in [-0.1, -0.05) is 0 Å². The fourth-order valence-electron chi connectivity index (χ4n) is 1.62. The van der Waals surface area contributed by atoms with Gasteiger partial charge < -0.3 is 19.8 Å². The van der Waals surface area contributed by atoms with Crippen LogP contribution in [-0.2, 0) is 0 Å². The van der Waals surface area contributed by atoms with Crippen molar-refractivity contribution >= 4 is 0 Å². The van der Waals surface area contributed by atoms with Crippen LogP contribution in [0, 0.1) is 0 Å². The van der Waals surface area contributed by atoms with E-state index in [1.165, 1.54) is 0 Å². The van der Waals surface area contributed by atoms with Crippen molar-refractivity contribution in [3.05, 3.63) is 0 Å². The second kappa shape index (κ2) is 9.69. The Morgan fingerprint density at radius 3 is 2.17 bits per heavy atom. The normalized spacial score (nSPS) is 12.7. The van der Waals surface area contributed by atoms with Gasteiger partial charge in [0.2, 0.25) is 0 Å². The molecule has 0 unspecified atom stereocenters. The summed E-state index contributed by atoms with van der Waals surface area (Å²) >= 11 is 0. The number of rotatable bonds is 11. The maximum atomic E-state index is 8.70. The van der Waals surface area contributed by atoms with E-state index in [9.17, 15) is 0 Å². The molecule has 0 aromatic heterocycles. The standard InChI is InChI=1S/C13H33N4O/c1-15(2)8-9-16(3)10-12-17(4,5)11-6-14-7-13-18/h14,18H,6-13H2,1-5H3/q+1. The number of hydrogen-bond donors (Lipinski definition) is 2. The zero-order chi connectivity index (χ0) is 14.0. The van der Waals surface area contributed by atoms with E-state index in [4.69, 9.17) is 5.11 Å². The van der Waals surface area contributed by atoms with E-state index in [-0.39, 0.29) is 6.61 Å². The summed E-state index contributed by atoms with van der Waals surface area (Å²) in [7, 11) is 10.9. The second-order valence-corrected chi connectivity index (χ2v) is 5.96. The Balaban J connectivity index is 3.67. The lowest BCUT2D eigenvalue weighted by Crippen LogP contribution is -2.48. The number of aliphatic hydroxyl groups is 1. The van der Waals surface area contributed by atoms with Crippen LogP contribution in [0.5, 0.6) is 0 Å². The Morgan fingerprint density at radius 2 is 1.61 bits per heavy atom. The molecule has 0 heterocycles. The van der Waals surface area contributed by atoms with Crippen LogP contribution in [0.2, 0.25) is 0 Å². The molecule has 18 heavy (non-hydrogen) atoms. The van der Waals surface area contributed by atoms with E-state index in [0.29, 0.717) is 6.54 Å². The third-order valence-electron chi connectivity index (χ3n) is 3.20. The van der Waals surface area contributed by atoms with Crippen LogP contribution >= 0.6 is 0 Å². The zero-order valence-corrected chi connectivity index (χ0v) is 12.9. The highest BCUT2D eigenvalue weighted by atomic mass is 16.3. The Morgan fingerprint density at radius 1 is 0.944 bits per heavy atom. The largest absolute Gasteiger partial charge is 0.395 e. The number of aliphatic hydroxyl groups excluding tert-OH is 1. The fraction of sp³-hybridized carbons (Fsp3) is 1.00. The van der Waals surface area contributed by atoms with Gasteiger partial charge in [0.15, 0.2) is 0 Å². The van der Waals surface area contributed by atoms with Crippen molar-refractivity contribution in [1.29, 1.82) is 0 Å². The molecule has 0 aromatic rings. The highest BCUT2D eigenvalue weighted by molar-refractivity contribution is 4.54. The zero-order valence-electron chi connectivity index (χ0n) is 12.9. The van der Waals surface area contributed by atoms with E-state index >= 15 is 0 Å². The third-order valence-corrected chi connectivity index (χ3v) is 3.20. The summed E-state index contributed by atoms with van der Waals surface area (Å²) in [5.74, 6) is 0. The lowest BCUT2D eigenvalue weighted by molar-refractivity contribution is -0.888. The monoisotopic (exact) mass is 261 g/mol. The summed E-state index contributed by atoms with van der Waals surface area (Å²) in [6.45, 7) is 7.50. The molecule has 0 bridgehead atoms. The van der Waals surface area contributed by atoms with Crippen molar-refractivity contribution in [1.82, 2.24) is 15.1 Å². The smallest absolute Gasteiger partial charge is 0.0912 e. The molecule has 0 spiro atoms. The average Bonchev–Trinajstić information content (AvgIpc) is 2.29. The van der Waals surface area contributed by atoms with Gasteiger partial charge in [-0.15, -0.1) is 0 Å². The Bertz CT molecular complexity index is 197. The molecule has 5 nitrogen and oxygen atoms in total. The summed E-state index contributed by atoms with van der Waals surface area (Å²) < 4.78 is 1.02. The van der Waals surface area contributed by atoms with E-state index in [1.807, 2.05) is 0 Å². The van der Waals surface area contributed by atoms with Gasteiger partial charge in [-0.3, -0.25) is 4.90 Å². The summed E-state index contributed by atoms with van der Waals surface area (Å²) in [6.07, 6.45) is 0. The molecule has 2 N–H and O–H groups in total. The summed E-state index contributed by atoms with van der Waals surface area (Å²) in [6, 6.07) is 0. The quantitative estimate of drug-likeness (QED) is 0.375. The minimum absolute atomic E-state index is 0.223. The van der Waals surface area contributed by atoms with Crippen LogP contribution < -0.4 is 5.32 Å². The second-order valence-electron chi connectivity index (χ2n) is 5.96. The van der Waals surface area contributed by atoms with Gasteiger partial charge in [-0.05, 0) is 21.1 Å². The van der Waals surface area contributed by atoms with Crippen LogP contribution in [0.15, 0.2) is 0 Å². The third kappa shape index (κ3) is 10.9. The number of quaternary nitrogens is 1. The fourth-order valence-corrected chi connectivity index (χ4v) is 1.62. The van der Waals surface area contributed by atoms with Crippen LogP contribution in [0.3, 0.4) is 0 Å². The molecule has 0 amide bonds. The van der Waals surface area contributed by atoms with Gasteiger partial charge in [0.05, 0.1) is 33.8 Å². The van der Waals surface area contributed by atoms with Gasteiger partial charge in [0.25, 0.3) is 0 Å². The van der Waals surface area contributed by atoms with Crippen LogP contribution in [-0.4, -0.2) is 107 Å². The molecular formula is C13H33N4O+. The molecule has 5 heteroatoms. The molecular weight excluding hydrogens is 228 g/mol. The Hall–Kier alpha value is -0.200. The van der Waals surface area contributed by atoms with Crippen LogP contribution in [0.4, 0.5) is 0 Å². The highest BCUT2D eigenvalue weighted by Gasteiger charge is 2.15. The Labute approximate surface area is 113 Å². The van der Waals surface area contributed by atoms with Gasteiger partial charge >= 0.3 is 0 Å². The molecule has 0 aliphatic carbocycles. The van der Waals surface area contributed by atoms with Gasteiger partial charge in [-0.25, -0.2) is 0 Å². The average molecular weight is 261 g/mol. The predicted octanol–water partition coefficient (Wildman–Crippen LogP) is -0.862. The number of nitrogens with one attached hydrogen (secondary N) is 1. The van der Waals surface area contributed by atoms with Crippen molar-refractivity contribution in [2.75, 3.05) is 87.7 Å². The van der Waals surface area contributed by atoms with Crippen LogP contribution in [0.25, 0.3) is 0 Å². The van der Waals surface area contributed by atoms with Crippen LogP contribution in [0.1, 0.15) is 0 Å². The number of hydrogen-bond acceptors (Lipinski definition) is 4. The number of likely N-dealkylation sites (N-methyl/N-ethyl adjacent to an activating group) is 3. The first-order valence-corrected chi connectivity index (χ1v) is 6.84. The van der Waals surface area contributed by atoms with Crippen molar-refractivity contribution in [3.8, 4) is 0 Å². The highest BCUT2D eigenvalue weighted by Crippen LogP contribution is 1.96. The molecule has 0 saturated carbocycles. The molecule has 0 saturated heterocycles. The van der Waals surface area contributed by atoms with Gasteiger partial charge in [-0.2, -0.15) is 0 Å². The maximum absolute atomic E-state index is 8.70. The Kier molecular flexibility index (Phi) is 9.59. The maximum Gasteiger partial charge on any atom is 0.0912 e. The van der Waals surface area contributed by atoms with Crippen molar-refractivity contribution in [3.63, 3.8) is 0 Å². The minimum atomic E-state index is 0.223. The van der Waals surface area contributed by atoms with Crippen molar-refractivity contribution < 1.29 is 9.59 Å². The molecule has 0 aliphatic rings. The lowest BCUT2D eigenvalue weighted by atomic mass is 10.4. The first kappa shape index (κ1) is 17.8. The summed E-state index contributed by atoms with van der Waals surface area (Å²) in [5.41, 5.74) is 0. The number of nitrogens with zero attached hydrogens (tertiary/aromatic N) is 3. The summed E-state index contributed by atoms with van der Waals surface area (Å²) in [4.78, 5) is 4.61. The predicted molar refractivity (Wildman–Crippen MR) is 77.8 cm³/mol. The molecule has 110 valence electrons. The van der Waals surface area contributed by atoms with E-state index in [2.05, 4.69) is 50.4 Å².